The van der Waals surface area contributed by atoms with Gasteiger partial charge in [-0.3, -0.25) is 19.3 Å². The molecule has 0 bridgehead atoms. The van der Waals surface area contributed by atoms with Crippen molar-refractivity contribution >= 4 is 12.0 Å². The van der Waals surface area contributed by atoms with Crippen LogP contribution in [0.25, 0.3) is 11.8 Å². The third-order valence-electron chi connectivity index (χ3n) is 5.32. The molecular weight excluding hydrogens is 436 g/mol. The first-order valence-corrected chi connectivity index (χ1v) is 10.8. The molecule has 0 spiro atoms. The van der Waals surface area contributed by atoms with Crippen LogP contribution in [0.4, 0.5) is 0 Å². The lowest BCUT2D eigenvalue weighted by molar-refractivity contribution is 0.0302. The summed E-state index contributed by atoms with van der Waals surface area (Å²) in [6.07, 6.45) is 10.0. The Morgan fingerprint density at radius 2 is 2.09 bits per heavy atom. The predicted molar refractivity (Wildman–Crippen MR) is 125 cm³/mol. The van der Waals surface area contributed by atoms with Gasteiger partial charge in [-0.05, 0) is 30.7 Å². The SMILES string of the molecule is C=C(C=Cc1ncc(C(=O)N2CCOCC2)cc1C)OCc1nn(-c2cnn(C)c2)ccc1=O. The number of carbonyl (C=O) groups is 1. The van der Waals surface area contributed by atoms with E-state index in [4.69, 9.17) is 9.47 Å². The summed E-state index contributed by atoms with van der Waals surface area (Å²) < 4.78 is 14.1. The number of aromatic nitrogens is 5. The zero-order valence-electron chi connectivity index (χ0n) is 19.2. The topological polar surface area (TPSA) is 104 Å². The summed E-state index contributed by atoms with van der Waals surface area (Å²) >= 11 is 0. The van der Waals surface area contributed by atoms with Gasteiger partial charge in [-0.15, -0.1) is 0 Å². The number of amides is 1. The number of morpholine rings is 1. The number of allylic oxidation sites excluding steroid dienone is 1. The van der Waals surface area contributed by atoms with Crippen molar-refractivity contribution in [3.8, 4) is 5.69 Å². The number of aryl methyl sites for hydroxylation is 2. The quantitative estimate of drug-likeness (QED) is 0.390. The number of pyridine rings is 1. The van der Waals surface area contributed by atoms with Gasteiger partial charge in [0.05, 0.1) is 36.9 Å². The standard InChI is InChI=1S/C24H26N6O4/c1-17-12-19(24(32)29-8-10-33-11-9-29)13-25-21(17)5-4-18(2)34-16-22-23(31)6-7-30(27-22)20-14-26-28(3)15-20/h4-7,12-15H,2,8-11,16H2,1,3H3. The Morgan fingerprint density at radius 3 is 2.79 bits per heavy atom. The van der Waals surface area contributed by atoms with E-state index in [1.807, 2.05) is 13.0 Å². The van der Waals surface area contributed by atoms with Crippen molar-refractivity contribution in [2.24, 2.45) is 7.05 Å². The second kappa shape index (κ2) is 10.3. The first-order chi connectivity index (χ1) is 16.4. The molecule has 34 heavy (non-hydrogen) atoms. The molecule has 0 unspecified atom stereocenters. The van der Waals surface area contributed by atoms with Gasteiger partial charge in [-0.2, -0.15) is 10.2 Å². The average Bonchev–Trinajstić information content (AvgIpc) is 3.29. The fourth-order valence-electron chi connectivity index (χ4n) is 3.42. The molecule has 3 aromatic heterocycles. The van der Waals surface area contributed by atoms with Crippen LogP contribution in [0.5, 0.6) is 0 Å². The van der Waals surface area contributed by atoms with Gasteiger partial charge in [0.2, 0.25) is 5.43 Å². The minimum Gasteiger partial charge on any atom is -0.488 e. The van der Waals surface area contributed by atoms with E-state index in [0.717, 1.165) is 11.3 Å². The molecule has 4 rings (SSSR count). The monoisotopic (exact) mass is 462 g/mol. The van der Waals surface area contributed by atoms with E-state index in [1.165, 1.54) is 6.07 Å². The summed E-state index contributed by atoms with van der Waals surface area (Å²) in [4.78, 5) is 31.0. The zero-order valence-corrected chi connectivity index (χ0v) is 19.2. The van der Waals surface area contributed by atoms with Gasteiger partial charge in [0, 0.05) is 38.6 Å². The number of nitrogens with zero attached hydrogens (tertiary/aromatic N) is 6. The molecule has 0 radical (unpaired) electrons. The van der Waals surface area contributed by atoms with Gasteiger partial charge in [-0.25, -0.2) is 4.68 Å². The van der Waals surface area contributed by atoms with E-state index in [9.17, 15) is 9.59 Å². The van der Waals surface area contributed by atoms with Gasteiger partial charge < -0.3 is 14.4 Å². The van der Waals surface area contributed by atoms with Gasteiger partial charge >= 0.3 is 0 Å². The minimum atomic E-state index is -0.227. The van der Waals surface area contributed by atoms with Crippen molar-refractivity contribution in [2.75, 3.05) is 26.3 Å². The summed E-state index contributed by atoms with van der Waals surface area (Å²) in [6.45, 7) is 8.01. The highest BCUT2D eigenvalue weighted by Gasteiger charge is 2.19. The van der Waals surface area contributed by atoms with Gasteiger partial charge in [-0.1, -0.05) is 6.58 Å². The summed E-state index contributed by atoms with van der Waals surface area (Å²) in [7, 11) is 1.80. The molecule has 4 heterocycles. The molecule has 0 N–H and O–H groups in total. The molecule has 1 amide bonds. The van der Waals surface area contributed by atoms with Gasteiger partial charge in [0.25, 0.3) is 5.91 Å². The number of hydrogen-bond acceptors (Lipinski definition) is 7. The molecule has 1 saturated heterocycles. The van der Waals surface area contributed by atoms with Crippen LogP contribution in [0.2, 0.25) is 0 Å². The Labute approximate surface area is 196 Å². The number of ether oxygens (including phenoxy) is 2. The lowest BCUT2D eigenvalue weighted by Gasteiger charge is -2.26. The predicted octanol–water partition coefficient (Wildman–Crippen LogP) is 1.89. The van der Waals surface area contributed by atoms with Crippen LogP contribution in [0.1, 0.15) is 27.3 Å². The Kier molecular flexibility index (Phi) is 6.98. The van der Waals surface area contributed by atoms with Crippen LogP contribution in [-0.4, -0.2) is 61.7 Å². The maximum atomic E-state index is 12.6. The fraction of sp³-hybridized carbons (Fsp3) is 0.292. The molecule has 176 valence electrons. The fourth-order valence-corrected chi connectivity index (χ4v) is 3.42. The highest BCUT2D eigenvalue weighted by Crippen LogP contribution is 2.14. The molecule has 10 heteroatoms. The molecular formula is C24H26N6O4. The Morgan fingerprint density at radius 1 is 1.29 bits per heavy atom. The molecule has 0 atom stereocenters. The summed E-state index contributed by atoms with van der Waals surface area (Å²) in [6, 6.07) is 3.26. The van der Waals surface area contributed by atoms with E-state index in [0.29, 0.717) is 43.3 Å². The van der Waals surface area contributed by atoms with Crippen molar-refractivity contribution < 1.29 is 14.3 Å². The normalized spacial score (nSPS) is 13.9. The van der Waals surface area contributed by atoms with E-state index in [-0.39, 0.29) is 23.6 Å². The van der Waals surface area contributed by atoms with Crippen LogP contribution >= 0.6 is 0 Å². The largest absolute Gasteiger partial charge is 0.488 e. The molecule has 1 aliphatic rings. The zero-order chi connectivity index (χ0) is 24.1. The smallest absolute Gasteiger partial charge is 0.255 e. The number of rotatable bonds is 7. The second-order valence-corrected chi connectivity index (χ2v) is 7.86. The average molecular weight is 463 g/mol. The summed E-state index contributed by atoms with van der Waals surface area (Å²) in [5, 5.41) is 8.44. The first kappa shape index (κ1) is 23.1. The Balaban J connectivity index is 1.38. The molecule has 10 nitrogen and oxygen atoms in total. The third kappa shape index (κ3) is 5.46. The summed E-state index contributed by atoms with van der Waals surface area (Å²) in [5.74, 6) is 0.308. The minimum absolute atomic E-state index is 0.0253. The Bertz CT molecular complexity index is 1290. The van der Waals surface area contributed by atoms with Crippen LogP contribution in [0.15, 0.2) is 60.1 Å². The van der Waals surface area contributed by atoms with Crippen LogP contribution < -0.4 is 5.43 Å². The van der Waals surface area contributed by atoms with Gasteiger partial charge in [0.1, 0.15) is 23.7 Å². The van der Waals surface area contributed by atoms with Crippen LogP contribution in [0.3, 0.4) is 0 Å². The van der Waals surface area contributed by atoms with Crippen molar-refractivity contribution in [3.05, 3.63) is 88.1 Å². The van der Waals surface area contributed by atoms with E-state index in [2.05, 4.69) is 21.8 Å². The van der Waals surface area contributed by atoms with E-state index in [1.54, 1.807) is 58.3 Å². The van der Waals surface area contributed by atoms with Crippen molar-refractivity contribution in [1.29, 1.82) is 0 Å². The highest BCUT2D eigenvalue weighted by molar-refractivity contribution is 5.94. The highest BCUT2D eigenvalue weighted by atomic mass is 16.5. The molecule has 1 aliphatic heterocycles. The summed E-state index contributed by atoms with van der Waals surface area (Å²) in [5.41, 5.74) is 2.86. The Hall–Kier alpha value is -4.05. The lowest BCUT2D eigenvalue weighted by atomic mass is 10.1. The maximum absolute atomic E-state index is 12.6. The molecule has 1 fully saturated rings. The number of carbonyl (C=O) groups excluding carboxylic acids is 1. The van der Waals surface area contributed by atoms with Gasteiger partial charge in [0.15, 0.2) is 0 Å². The van der Waals surface area contributed by atoms with Crippen molar-refractivity contribution in [1.82, 2.24) is 29.4 Å². The maximum Gasteiger partial charge on any atom is 0.255 e. The third-order valence-corrected chi connectivity index (χ3v) is 5.32. The van der Waals surface area contributed by atoms with E-state index < -0.39 is 0 Å². The molecule has 3 aromatic rings. The van der Waals surface area contributed by atoms with E-state index >= 15 is 0 Å². The molecule has 0 aliphatic carbocycles. The lowest BCUT2D eigenvalue weighted by Crippen LogP contribution is -2.40. The van der Waals surface area contributed by atoms with Crippen LogP contribution in [0, 0.1) is 6.92 Å². The van der Waals surface area contributed by atoms with Crippen molar-refractivity contribution in [3.63, 3.8) is 0 Å². The molecule has 0 saturated carbocycles. The molecule has 0 aromatic carbocycles. The number of hydrogen-bond donors (Lipinski definition) is 0. The van der Waals surface area contributed by atoms with Crippen LogP contribution in [-0.2, 0) is 23.1 Å². The second-order valence-electron chi connectivity index (χ2n) is 7.86. The van der Waals surface area contributed by atoms with Crippen molar-refractivity contribution in [2.45, 2.75) is 13.5 Å². The first-order valence-electron chi connectivity index (χ1n) is 10.8.